The minimum Gasteiger partial charge on any atom is -0.383 e. The standard InChI is InChI=1S/C7H10ClNOS/c1-10-4-6(9)7-5(8)2-3-11-7/h2-3,6H,4,9H2,1H3/t6-/m0/s1. The van der Waals surface area contributed by atoms with E-state index in [9.17, 15) is 0 Å². The molecule has 1 rings (SSSR count). The maximum absolute atomic E-state index is 5.85. The smallest absolute Gasteiger partial charge is 0.0664 e. The maximum atomic E-state index is 5.85. The zero-order valence-electron chi connectivity index (χ0n) is 6.21. The molecule has 0 saturated carbocycles. The molecule has 0 aliphatic carbocycles. The minimum absolute atomic E-state index is 0.0903. The van der Waals surface area contributed by atoms with Crippen LogP contribution in [0.15, 0.2) is 11.4 Å². The molecule has 4 heteroatoms. The van der Waals surface area contributed by atoms with Crippen molar-refractivity contribution in [3.05, 3.63) is 21.3 Å². The fourth-order valence-electron chi connectivity index (χ4n) is 0.825. The van der Waals surface area contributed by atoms with Crippen LogP contribution in [0.3, 0.4) is 0 Å². The molecule has 0 spiro atoms. The van der Waals surface area contributed by atoms with Crippen molar-refractivity contribution in [1.82, 2.24) is 0 Å². The summed E-state index contributed by atoms with van der Waals surface area (Å²) in [4.78, 5) is 0.994. The molecule has 0 fully saturated rings. The SMILES string of the molecule is COC[C@H](N)c1sccc1Cl. The second kappa shape index (κ2) is 4.07. The highest BCUT2D eigenvalue weighted by molar-refractivity contribution is 7.10. The van der Waals surface area contributed by atoms with E-state index in [-0.39, 0.29) is 6.04 Å². The fraction of sp³-hybridized carbons (Fsp3) is 0.429. The quantitative estimate of drug-likeness (QED) is 0.794. The van der Waals surface area contributed by atoms with Crippen molar-refractivity contribution >= 4 is 22.9 Å². The van der Waals surface area contributed by atoms with E-state index in [0.717, 1.165) is 9.90 Å². The van der Waals surface area contributed by atoms with Crippen LogP contribution in [0, 0.1) is 0 Å². The second-order valence-corrected chi connectivity index (χ2v) is 3.55. The summed E-state index contributed by atoms with van der Waals surface area (Å²) in [5.74, 6) is 0. The van der Waals surface area contributed by atoms with Gasteiger partial charge in [0, 0.05) is 12.0 Å². The largest absolute Gasteiger partial charge is 0.383 e. The summed E-state index contributed by atoms with van der Waals surface area (Å²) in [6.45, 7) is 0.514. The van der Waals surface area contributed by atoms with Crippen LogP contribution < -0.4 is 5.73 Å². The van der Waals surface area contributed by atoms with E-state index in [1.165, 1.54) is 0 Å². The highest BCUT2D eigenvalue weighted by Gasteiger charge is 2.10. The first-order chi connectivity index (χ1) is 5.25. The predicted octanol–water partition coefficient (Wildman–Crippen LogP) is 2.05. The number of thiophene rings is 1. The Hall–Kier alpha value is -0.0900. The highest BCUT2D eigenvalue weighted by Crippen LogP contribution is 2.27. The lowest BCUT2D eigenvalue weighted by molar-refractivity contribution is 0.182. The Balaban J connectivity index is 2.67. The molecule has 2 N–H and O–H groups in total. The lowest BCUT2D eigenvalue weighted by atomic mass is 10.3. The van der Waals surface area contributed by atoms with E-state index >= 15 is 0 Å². The van der Waals surface area contributed by atoms with E-state index in [4.69, 9.17) is 22.1 Å². The number of methoxy groups -OCH3 is 1. The first-order valence-electron chi connectivity index (χ1n) is 3.23. The summed E-state index contributed by atoms with van der Waals surface area (Å²) in [5.41, 5.74) is 5.75. The lowest BCUT2D eigenvalue weighted by Crippen LogP contribution is -2.14. The third-order valence-electron chi connectivity index (χ3n) is 1.33. The van der Waals surface area contributed by atoms with E-state index in [0.29, 0.717) is 6.61 Å². The van der Waals surface area contributed by atoms with Crippen molar-refractivity contribution in [2.24, 2.45) is 5.73 Å². The van der Waals surface area contributed by atoms with Gasteiger partial charge in [-0.25, -0.2) is 0 Å². The summed E-state index contributed by atoms with van der Waals surface area (Å²) in [5, 5.41) is 2.66. The summed E-state index contributed by atoms with van der Waals surface area (Å²) >= 11 is 7.41. The number of ether oxygens (including phenoxy) is 1. The first-order valence-corrected chi connectivity index (χ1v) is 4.49. The summed E-state index contributed by atoms with van der Waals surface area (Å²) in [6.07, 6.45) is 0. The topological polar surface area (TPSA) is 35.2 Å². The van der Waals surface area contributed by atoms with Gasteiger partial charge >= 0.3 is 0 Å². The van der Waals surface area contributed by atoms with E-state index in [1.807, 2.05) is 11.4 Å². The molecular weight excluding hydrogens is 182 g/mol. The van der Waals surface area contributed by atoms with Crippen molar-refractivity contribution in [3.63, 3.8) is 0 Å². The van der Waals surface area contributed by atoms with E-state index in [2.05, 4.69) is 0 Å². The molecule has 2 nitrogen and oxygen atoms in total. The predicted molar refractivity (Wildman–Crippen MR) is 48.1 cm³/mol. The van der Waals surface area contributed by atoms with Gasteiger partial charge in [0.05, 0.1) is 17.7 Å². The molecule has 0 aliphatic rings. The molecule has 62 valence electrons. The molecule has 0 saturated heterocycles. The van der Waals surface area contributed by atoms with Crippen molar-refractivity contribution in [2.75, 3.05) is 13.7 Å². The summed E-state index contributed by atoms with van der Waals surface area (Å²) in [7, 11) is 1.63. The van der Waals surface area contributed by atoms with E-state index < -0.39 is 0 Å². The number of rotatable bonds is 3. The number of hydrogen-bond donors (Lipinski definition) is 1. The average Bonchev–Trinajstić information content (AvgIpc) is 2.36. The van der Waals surface area contributed by atoms with Crippen LogP contribution in [-0.2, 0) is 4.74 Å². The minimum atomic E-state index is -0.0903. The van der Waals surface area contributed by atoms with E-state index in [1.54, 1.807) is 18.4 Å². The van der Waals surface area contributed by atoms with Crippen LogP contribution in [0.5, 0.6) is 0 Å². The highest BCUT2D eigenvalue weighted by atomic mass is 35.5. The van der Waals surface area contributed by atoms with Gasteiger partial charge < -0.3 is 10.5 Å². The molecule has 11 heavy (non-hydrogen) atoms. The molecule has 0 aromatic carbocycles. The normalized spacial score (nSPS) is 13.4. The zero-order chi connectivity index (χ0) is 8.27. The number of halogens is 1. The number of nitrogens with two attached hydrogens (primary N) is 1. The van der Waals surface area contributed by atoms with Crippen LogP contribution >= 0.6 is 22.9 Å². The summed E-state index contributed by atoms with van der Waals surface area (Å²) in [6, 6.07) is 1.75. The van der Waals surface area contributed by atoms with Crippen molar-refractivity contribution in [2.45, 2.75) is 6.04 Å². The molecule has 1 heterocycles. The molecule has 0 aliphatic heterocycles. The van der Waals surface area contributed by atoms with Crippen LogP contribution in [0.25, 0.3) is 0 Å². The fourth-order valence-corrected chi connectivity index (χ4v) is 2.01. The van der Waals surface area contributed by atoms with Gasteiger partial charge in [0.2, 0.25) is 0 Å². The third kappa shape index (κ3) is 2.17. The van der Waals surface area contributed by atoms with Gasteiger partial charge in [-0.15, -0.1) is 11.3 Å². The van der Waals surface area contributed by atoms with Crippen molar-refractivity contribution in [1.29, 1.82) is 0 Å². The molecule has 1 aromatic heterocycles. The first kappa shape index (κ1) is 9.00. The Morgan fingerprint density at radius 1 is 1.82 bits per heavy atom. The van der Waals surface area contributed by atoms with Crippen LogP contribution in [0.4, 0.5) is 0 Å². The van der Waals surface area contributed by atoms with Gasteiger partial charge in [-0.05, 0) is 11.4 Å². The van der Waals surface area contributed by atoms with Gasteiger partial charge in [-0.2, -0.15) is 0 Å². The van der Waals surface area contributed by atoms with Crippen LogP contribution in [0.1, 0.15) is 10.9 Å². The molecule has 0 bridgehead atoms. The second-order valence-electron chi connectivity index (χ2n) is 2.19. The molecule has 1 atom stereocenters. The van der Waals surface area contributed by atoms with Gasteiger partial charge in [0.25, 0.3) is 0 Å². The Kier molecular flexibility index (Phi) is 3.33. The Bertz CT molecular complexity index is 226. The summed E-state index contributed by atoms with van der Waals surface area (Å²) < 4.78 is 4.91. The van der Waals surface area contributed by atoms with Gasteiger partial charge in [-0.1, -0.05) is 11.6 Å². The Morgan fingerprint density at radius 3 is 3.00 bits per heavy atom. The van der Waals surface area contributed by atoms with Crippen LogP contribution in [0.2, 0.25) is 5.02 Å². The van der Waals surface area contributed by atoms with Crippen molar-refractivity contribution < 1.29 is 4.74 Å². The molecule has 0 amide bonds. The van der Waals surface area contributed by atoms with Gasteiger partial charge in [0.15, 0.2) is 0 Å². The molecule has 1 aromatic rings. The molecule has 0 radical (unpaired) electrons. The zero-order valence-corrected chi connectivity index (χ0v) is 7.78. The monoisotopic (exact) mass is 191 g/mol. The average molecular weight is 192 g/mol. The third-order valence-corrected chi connectivity index (χ3v) is 2.82. The molecule has 0 unspecified atom stereocenters. The lowest BCUT2D eigenvalue weighted by Gasteiger charge is -2.07. The van der Waals surface area contributed by atoms with Gasteiger partial charge in [-0.3, -0.25) is 0 Å². The number of hydrogen-bond acceptors (Lipinski definition) is 3. The van der Waals surface area contributed by atoms with Gasteiger partial charge in [0.1, 0.15) is 0 Å². The molecular formula is C7H10ClNOS. The Morgan fingerprint density at radius 2 is 2.55 bits per heavy atom. The van der Waals surface area contributed by atoms with Crippen molar-refractivity contribution in [3.8, 4) is 0 Å². The maximum Gasteiger partial charge on any atom is 0.0664 e. The van der Waals surface area contributed by atoms with Crippen LogP contribution in [-0.4, -0.2) is 13.7 Å². The Labute approximate surface area is 74.9 Å².